The Morgan fingerprint density at radius 3 is 1.88 bits per heavy atom. The fraction of sp³-hybridized carbons (Fsp3) is 0.733. The molecule has 2 aliphatic carbocycles. The first-order valence-corrected chi connectivity index (χ1v) is 8.55. The number of hydrogen-bond donors (Lipinski definition) is 0. The number of aromatic nitrogens is 3. The molecule has 0 spiro atoms. The molecule has 1 saturated heterocycles. The summed E-state index contributed by atoms with van der Waals surface area (Å²) in [5, 5.41) is 25.2. The Morgan fingerprint density at radius 2 is 1.44 bits per heavy atom. The lowest BCUT2D eigenvalue weighted by Gasteiger charge is -2.61. The number of ether oxygens (including phenoxy) is 1. The number of nitrogens with zero attached hydrogens (tertiary/aromatic N) is 5. The lowest BCUT2D eigenvalue weighted by molar-refractivity contribution is -1.03. The summed E-state index contributed by atoms with van der Waals surface area (Å²) >= 11 is 0. The van der Waals surface area contributed by atoms with Crippen molar-refractivity contribution in [3.8, 4) is 0 Å². The summed E-state index contributed by atoms with van der Waals surface area (Å²) in [6.45, 7) is 0.642. The summed E-state index contributed by atoms with van der Waals surface area (Å²) in [6.07, 6.45) is 5.03. The van der Waals surface area contributed by atoms with Gasteiger partial charge in [-0.2, -0.15) is 0 Å². The minimum atomic E-state index is -0.657. The van der Waals surface area contributed by atoms with Crippen LogP contribution in [0.4, 0.5) is 0 Å². The molecular formula is C15H17N5O5. The molecule has 10 nitrogen and oxygen atoms in total. The number of azo groups is 1. The van der Waals surface area contributed by atoms with Gasteiger partial charge in [0.1, 0.15) is 10.8 Å². The summed E-state index contributed by atoms with van der Waals surface area (Å²) in [5.41, 5.74) is -2.10. The van der Waals surface area contributed by atoms with Crippen LogP contribution in [0.5, 0.6) is 0 Å². The molecule has 2 fully saturated rings. The Balaban J connectivity index is 1.77. The van der Waals surface area contributed by atoms with Crippen molar-refractivity contribution in [2.45, 2.75) is 37.0 Å². The Morgan fingerprint density at radius 1 is 1.00 bits per heavy atom. The molecule has 5 aliphatic heterocycles. The van der Waals surface area contributed by atoms with Gasteiger partial charge in [0, 0.05) is 29.6 Å². The van der Waals surface area contributed by atoms with E-state index in [1.54, 1.807) is 0 Å². The highest BCUT2D eigenvalue weighted by molar-refractivity contribution is 5.31. The minimum Gasteiger partial charge on any atom is -0.567 e. The molecule has 4 bridgehead atoms. The smallest absolute Gasteiger partial charge is 0.347 e. The zero-order valence-corrected chi connectivity index (χ0v) is 13.6. The zero-order valence-electron chi connectivity index (χ0n) is 13.6. The van der Waals surface area contributed by atoms with Crippen LogP contribution < -0.4 is 11.4 Å². The van der Waals surface area contributed by atoms with E-state index < -0.39 is 46.4 Å². The second-order valence-electron chi connectivity index (χ2n) is 7.88. The summed E-state index contributed by atoms with van der Waals surface area (Å²) < 4.78 is 9.93. The normalized spacial score (nSPS) is 45.6. The summed E-state index contributed by atoms with van der Waals surface area (Å²) in [7, 11) is 1.46. The van der Waals surface area contributed by atoms with Crippen LogP contribution in [0, 0.1) is 21.2 Å². The number of rotatable bonds is 0. The van der Waals surface area contributed by atoms with Crippen LogP contribution in [0.25, 0.3) is 0 Å². The molecule has 1 aromatic rings. The largest absolute Gasteiger partial charge is 0.567 e. The second-order valence-corrected chi connectivity index (χ2v) is 7.88. The van der Waals surface area contributed by atoms with Gasteiger partial charge in [-0.1, -0.05) is 12.2 Å². The molecule has 8 rings (SSSR count). The van der Waals surface area contributed by atoms with Crippen LogP contribution in [0.2, 0.25) is 0 Å². The fourth-order valence-corrected chi connectivity index (χ4v) is 6.54. The van der Waals surface area contributed by atoms with E-state index in [0.29, 0.717) is 35.8 Å². The third kappa shape index (κ3) is 1.06. The van der Waals surface area contributed by atoms with Gasteiger partial charge in [-0.3, -0.25) is 0 Å². The molecular weight excluding hydrogens is 330 g/mol. The van der Waals surface area contributed by atoms with Crippen molar-refractivity contribution in [3.05, 3.63) is 43.5 Å². The SMILES string of the molecule is Cn1c(=O)n2n(c1=O)[C@H]1C=CC2[C@@]23COCC12C1CC[C@H]3[N+]([O-])=[N+]1[O-]. The highest BCUT2D eigenvalue weighted by atomic mass is 16.6. The van der Waals surface area contributed by atoms with E-state index in [1.807, 2.05) is 12.2 Å². The number of hydroxylamine groups is 2. The Hall–Kier alpha value is -2.36. The van der Waals surface area contributed by atoms with Gasteiger partial charge in [0.2, 0.25) is 12.1 Å². The standard InChI is InChI=1S/C15H17N5O5/c1-16-12(21)17-8-2-3-9(18(17)13(16)22)15-7-25-6-14(8,15)10-4-5-11(15)20(24)19(10)23/h2-3,8-11H,4-7H2,1H3/t8-,9?,10?,11+,14?,15+/m0/s1. The van der Waals surface area contributed by atoms with E-state index in [0.717, 1.165) is 4.57 Å². The number of fused-ring (bicyclic) bond motifs is 1. The van der Waals surface area contributed by atoms with Crippen LogP contribution >= 0.6 is 0 Å². The minimum absolute atomic E-state index is 0.321. The third-order valence-corrected chi connectivity index (χ3v) is 7.43. The molecule has 6 atom stereocenters. The van der Waals surface area contributed by atoms with E-state index in [9.17, 15) is 20.0 Å². The molecule has 0 N–H and O–H groups in total. The second kappa shape index (κ2) is 3.74. The predicted octanol–water partition coefficient (Wildman–Crippen LogP) is -0.965. The molecule has 132 valence electrons. The highest BCUT2D eigenvalue weighted by Gasteiger charge is 2.84. The third-order valence-electron chi connectivity index (χ3n) is 7.43. The van der Waals surface area contributed by atoms with Gasteiger partial charge >= 0.3 is 11.4 Å². The lowest BCUT2D eigenvalue weighted by atomic mass is 9.45. The van der Waals surface area contributed by atoms with Crippen LogP contribution in [-0.2, 0) is 11.8 Å². The van der Waals surface area contributed by atoms with Crippen LogP contribution in [-0.4, -0.2) is 48.9 Å². The Bertz CT molecular complexity index is 941. The summed E-state index contributed by atoms with van der Waals surface area (Å²) in [6, 6.07) is -2.02. The molecule has 6 heterocycles. The molecule has 1 aromatic heterocycles. The van der Waals surface area contributed by atoms with Crippen molar-refractivity contribution in [2.75, 3.05) is 13.2 Å². The number of hydrogen-bond acceptors (Lipinski definition) is 5. The average molecular weight is 347 g/mol. The maximum Gasteiger partial charge on any atom is 0.347 e. The van der Waals surface area contributed by atoms with E-state index in [4.69, 9.17) is 4.74 Å². The number of allylic oxidation sites excluding steroid dienone is 2. The van der Waals surface area contributed by atoms with E-state index >= 15 is 0 Å². The highest BCUT2D eigenvalue weighted by Crippen LogP contribution is 2.71. The molecule has 25 heavy (non-hydrogen) atoms. The van der Waals surface area contributed by atoms with Crippen molar-refractivity contribution in [2.24, 2.45) is 17.9 Å². The molecule has 7 aliphatic rings. The predicted molar refractivity (Wildman–Crippen MR) is 80.9 cm³/mol. The molecule has 1 saturated carbocycles. The maximum absolute atomic E-state index is 12.7. The quantitative estimate of drug-likeness (QED) is 0.341. The molecule has 10 heteroatoms. The van der Waals surface area contributed by atoms with Gasteiger partial charge in [0.05, 0.1) is 25.3 Å². The first-order chi connectivity index (χ1) is 12.0. The summed E-state index contributed by atoms with van der Waals surface area (Å²) in [5.74, 6) is 0. The molecule has 0 radical (unpaired) electrons. The average Bonchev–Trinajstić information content (AvgIpc) is 3.15. The van der Waals surface area contributed by atoms with Crippen LogP contribution in [0.3, 0.4) is 0 Å². The van der Waals surface area contributed by atoms with E-state index in [-0.39, 0.29) is 0 Å². The zero-order chi connectivity index (χ0) is 17.3. The van der Waals surface area contributed by atoms with Crippen molar-refractivity contribution in [1.29, 1.82) is 0 Å². The van der Waals surface area contributed by atoms with Crippen LogP contribution in [0.1, 0.15) is 24.9 Å². The van der Waals surface area contributed by atoms with E-state index in [1.165, 1.54) is 16.4 Å². The van der Waals surface area contributed by atoms with Crippen molar-refractivity contribution < 1.29 is 14.5 Å². The van der Waals surface area contributed by atoms with Gasteiger partial charge in [0.25, 0.3) is 0 Å². The maximum atomic E-state index is 12.7. The topological polar surface area (TPSA) is 110 Å². The molecule has 0 aromatic carbocycles. The monoisotopic (exact) mass is 347 g/mol. The summed E-state index contributed by atoms with van der Waals surface area (Å²) in [4.78, 5) is 26.5. The van der Waals surface area contributed by atoms with Crippen LogP contribution in [0.15, 0.2) is 21.7 Å². The fourth-order valence-electron chi connectivity index (χ4n) is 6.54. The van der Waals surface area contributed by atoms with Gasteiger partial charge in [-0.25, -0.2) is 23.5 Å². The van der Waals surface area contributed by atoms with Crippen molar-refractivity contribution in [1.82, 2.24) is 13.9 Å². The van der Waals surface area contributed by atoms with Crippen molar-refractivity contribution in [3.63, 3.8) is 0 Å². The first-order valence-electron chi connectivity index (χ1n) is 8.55. The van der Waals surface area contributed by atoms with Gasteiger partial charge in [-0.15, -0.1) is 0 Å². The van der Waals surface area contributed by atoms with Gasteiger partial charge < -0.3 is 15.2 Å². The van der Waals surface area contributed by atoms with Gasteiger partial charge in [0.15, 0.2) is 0 Å². The molecule has 3 unspecified atom stereocenters. The van der Waals surface area contributed by atoms with Gasteiger partial charge in [-0.05, 0) is 0 Å². The van der Waals surface area contributed by atoms with Crippen molar-refractivity contribution >= 4 is 0 Å². The lowest BCUT2D eigenvalue weighted by Crippen LogP contribution is -2.77. The Labute approximate surface area is 141 Å². The first kappa shape index (κ1) is 13.9. The molecule has 0 amide bonds. The van der Waals surface area contributed by atoms with E-state index in [2.05, 4.69) is 0 Å². The Kier molecular flexibility index (Phi) is 2.08.